The van der Waals surface area contributed by atoms with E-state index in [-0.39, 0.29) is 18.5 Å². The molecule has 4 amide bonds. The van der Waals surface area contributed by atoms with E-state index in [4.69, 9.17) is 21.3 Å². The van der Waals surface area contributed by atoms with Gasteiger partial charge in [0.25, 0.3) is 5.91 Å². The number of carbonyl (C=O) groups is 3. The highest BCUT2D eigenvalue weighted by molar-refractivity contribution is 5.95. The maximum absolute atomic E-state index is 13.1. The van der Waals surface area contributed by atoms with E-state index >= 15 is 0 Å². The number of piperidine rings is 1. The third-order valence-corrected chi connectivity index (χ3v) is 6.92. The van der Waals surface area contributed by atoms with E-state index in [0.717, 1.165) is 35.3 Å². The fraction of sp³-hybridized carbons (Fsp3) is 0.517. The van der Waals surface area contributed by atoms with E-state index in [1.54, 1.807) is 54.9 Å². The highest BCUT2D eigenvalue weighted by atomic mass is 16.6. The molecule has 12 heteroatoms. The number of hydrogen-bond acceptors (Lipinski definition) is 8. The molecule has 1 aliphatic rings. The molecule has 7 N–H and O–H groups in total. The van der Waals surface area contributed by atoms with Crippen LogP contribution >= 0.6 is 0 Å². The fourth-order valence-corrected chi connectivity index (χ4v) is 4.71. The quantitative estimate of drug-likeness (QED) is 0.224. The maximum atomic E-state index is 13.1. The summed E-state index contributed by atoms with van der Waals surface area (Å²) in [7, 11) is 0. The largest absolute Gasteiger partial charge is 0.444 e. The van der Waals surface area contributed by atoms with Gasteiger partial charge in [-0.25, -0.2) is 20.4 Å². The number of rotatable bonds is 9. The Morgan fingerprint density at radius 3 is 2.29 bits per heavy atom. The number of primary amides is 1. The molecule has 0 saturated carbocycles. The van der Waals surface area contributed by atoms with Gasteiger partial charge in [-0.1, -0.05) is 6.92 Å². The third kappa shape index (κ3) is 8.46. The van der Waals surface area contributed by atoms with Gasteiger partial charge in [-0.05, 0) is 78.1 Å². The molecule has 1 fully saturated rings. The van der Waals surface area contributed by atoms with Crippen LogP contribution in [0.5, 0.6) is 0 Å². The van der Waals surface area contributed by atoms with Gasteiger partial charge in [0.1, 0.15) is 11.4 Å². The van der Waals surface area contributed by atoms with Crippen LogP contribution in [0.25, 0.3) is 0 Å². The molecular weight excluding hydrogens is 524 g/mol. The molecule has 1 aliphatic heterocycles. The van der Waals surface area contributed by atoms with E-state index in [1.165, 1.54) is 0 Å². The SMILES string of the molecule is CCc1nc(N(N)CC)c(C)c(NC2CCN(C(N)=O)CC2)c1CNC(=O)c1ccc(NC(=O)OC(C)(C)C)cc1. The van der Waals surface area contributed by atoms with Crippen molar-refractivity contribution in [3.63, 3.8) is 0 Å². The van der Waals surface area contributed by atoms with Crippen LogP contribution in [-0.4, -0.2) is 59.2 Å². The minimum absolute atomic E-state index is 0.122. The number of pyridine rings is 1. The number of urea groups is 1. The summed E-state index contributed by atoms with van der Waals surface area (Å²) in [5.74, 6) is 6.70. The third-order valence-electron chi connectivity index (χ3n) is 6.92. The van der Waals surface area contributed by atoms with Crippen molar-refractivity contribution in [2.75, 3.05) is 35.3 Å². The lowest BCUT2D eigenvalue weighted by Gasteiger charge is -2.33. The molecule has 1 saturated heterocycles. The summed E-state index contributed by atoms with van der Waals surface area (Å²) < 4.78 is 5.27. The van der Waals surface area contributed by atoms with E-state index in [1.807, 2.05) is 20.8 Å². The second-order valence-corrected chi connectivity index (χ2v) is 11.1. The van der Waals surface area contributed by atoms with Crippen molar-refractivity contribution < 1.29 is 19.1 Å². The molecule has 2 aromatic rings. The summed E-state index contributed by atoms with van der Waals surface area (Å²) in [4.78, 5) is 43.2. The summed E-state index contributed by atoms with van der Waals surface area (Å²) in [6.07, 6.45) is 1.58. The van der Waals surface area contributed by atoms with Gasteiger partial charge >= 0.3 is 12.1 Å². The number of aryl methyl sites for hydroxylation is 1. The smallest absolute Gasteiger partial charge is 0.412 e. The lowest BCUT2D eigenvalue weighted by molar-refractivity contribution is 0.0635. The highest BCUT2D eigenvalue weighted by Crippen LogP contribution is 2.32. The topological polar surface area (TPSA) is 168 Å². The summed E-state index contributed by atoms with van der Waals surface area (Å²) in [6, 6.07) is 6.32. The summed E-state index contributed by atoms with van der Waals surface area (Å²) in [6.45, 7) is 13.3. The number of amides is 4. The molecule has 0 bridgehead atoms. The first-order valence-corrected chi connectivity index (χ1v) is 14.1. The summed E-state index contributed by atoms with van der Waals surface area (Å²) in [5.41, 5.74) is 9.35. The number of nitrogens with zero attached hydrogens (tertiary/aromatic N) is 3. The summed E-state index contributed by atoms with van der Waals surface area (Å²) in [5, 5.41) is 11.0. The van der Waals surface area contributed by atoms with Crippen LogP contribution in [0.2, 0.25) is 0 Å². The second kappa shape index (κ2) is 13.5. The maximum Gasteiger partial charge on any atom is 0.412 e. The monoisotopic (exact) mass is 568 g/mol. The molecule has 12 nitrogen and oxygen atoms in total. The molecule has 0 unspecified atom stereocenters. The molecule has 0 aliphatic carbocycles. The van der Waals surface area contributed by atoms with Crippen LogP contribution in [0.1, 0.15) is 74.6 Å². The number of hydrogen-bond donors (Lipinski definition) is 5. The number of hydrazine groups is 1. The highest BCUT2D eigenvalue weighted by Gasteiger charge is 2.25. The predicted molar refractivity (Wildman–Crippen MR) is 161 cm³/mol. The minimum atomic E-state index is -0.611. The van der Waals surface area contributed by atoms with E-state index < -0.39 is 17.7 Å². The van der Waals surface area contributed by atoms with Crippen molar-refractivity contribution in [3.05, 3.63) is 46.6 Å². The molecule has 41 heavy (non-hydrogen) atoms. The predicted octanol–water partition coefficient (Wildman–Crippen LogP) is 3.88. The zero-order chi connectivity index (χ0) is 30.3. The fourth-order valence-electron chi connectivity index (χ4n) is 4.71. The summed E-state index contributed by atoms with van der Waals surface area (Å²) >= 11 is 0. The Labute approximate surface area is 242 Å². The number of carbonyl (C=O) groups excluding carboxylic acids is 3. The van der Waals surface area contributed by atoms with Crippen molar-refractivity contribution in [1.29, 1.82) is 0 Å². The first-order chi connectivity index (χ1) is 19.3. The van der Waals surface area contributed by atoms with Gasteiger partial charge in [-0.15, -0.1) is 0 Å². The Morgan fingerprint density at radius 2 is 1.76 bits per heavy atom. The normalized spacial score (nSPS) is 13.9. The van der Waals surface area contributed by atoms with E-state index in [0.29, 0.717) is 43.1 Å². The average Bonchev–Trinajstić information content (AvgIpc) is 2.92. The first-order valence-electron chi connectivity index (χ1n) is 14.1. The first kappa shape index (κ1) is 31.5. The zero-order valence-electron chi connectivity index (χ0n) is 25.0. The Kier molecular flexibility index (Phi) is 10.4. The van der Waals surface area contributed by atoms with E-state index in [2.05, 4.69) is 16.0 Å². The molecule has 0 spiro atoms. The van der Waals surface area contributed by atoms with Crippen LogP contribution in [-0.2, 0) is 17.7 Å². The van der Waals surface area contributed by atoms with Crippen molar-refractivity contribution >= 4 is 35.2 Å². The minimum Gasteiger partial charge on any atom is -0.444 e. The van der Waals surface area contributed by atoms with Gasteiger partial charge in [-0.3, -0.25) is 15.1 Å². The molecule has 224 valence electrons. The van der Waals surface area contributed by atoms with Crippen molar-refractivity contribution in [1.82, 2.24) is 15.2 Å². The van der Waals surface area contributed by atoms with Gasteiger partial charge in [0.05, 0.1) is 0 Å². The molecule has 0 atom stereocenters. The molecule has 0 radical (unpaired) electrons. The van der Waals surface area contributed by atoms with Crippen LogP contribution in [0, 0.1) is 6.92 Å². The van der Waals surface area contributed by atoms with Crippen LogP contribution < -0.4 is 32.5 Å². The molecule has 2 heterocycles. The Balaban J connectivity index is 1.79. The van der Waals surface area contributed by atoms with Crippen LogP contribution in [0.3, 0.4) is 0 Å². The van der Waals surface area contributed by atoms with Gasteiger partial charge in [0.2, 0.25) is 0 Å². The number of ether oxygens (including phenoxy) is 1. The van der Waals surface area contributed by atoms with Crippen LogP contribution in [0.15, 0.2) is 24.3 Å². The Morgan fingerprint density at radius 1 is 1.12 bits per heavy atom. The second-order valence-electron chi connectivity index (χ2n) is 11.1. The van der Waals surface area contributed by atoms with Crippen molar-refractivity contribution in [3.8, 4) is 0 Å². The van der Waals surface area contributed by atoms with Gasteiger partial charge < -0.3 is 26.0 Å². The molecule has 3 rings (SSSR count). The zero-order valence-corrected chi connectivity index (χ0v) is 25.0. The number of likely N-dealkylation sites (tertiary alicyclic amines) is 1. The molecule has 1 aromatic heterocycles. The number of nitrogens with one attached hydrogen (secondary N) is 3. The van der Waals surface area contributed by atoms with Gasteiger partial charge in [0.15, 0.2) is 0 Å². The average molecular weight is 569 g/mol. The van der Waals surface area contributed by atoms with Crippen molar-refractivity contribution in [2.24, 2.45) is 11.6 Å². The Hall–Kier alpha value is -4.06. The van der Waals surface area contributed by atoms with E-state index in [9.17, 15) is 14.4 Å². The number of nitrogens with two attached hydrogens (primary N) is 2. The van der Waals surface area contributed by atoms with Gasteiger partial charge in [-0.2, -0.15) is 0 Å². The Bertz CT molecular complexity index is 1230. The lowest BCUT2D eigenvalue weighted by atomic mass is 10.00. The number of aromatic nitrogens is 1. The lowest BCUT2D eigenvalue weighted by Crippen LogP contribution is -2.45. The molecule has 1 aromatic carbocycles. The number of anilines is 3. The van der Waals surface area contributed by atoms with Gasteiger partial charge in [0, 0.05) is 66.0 Å². The van der Waals surface area contributed by atoms with Crippen LogP contribution in [0.4, 0.5) is 26.8 Å². The number of benzene rings is 1. The standard InChI is InChI=1S/C29H44N8O4/c1-7-23-22(17-32-26(38)19-9-11-20(12-10-19)34-28(40)41-29(4,5)6)24(18(3)25(35-23)37(31)8-2)33-21-13-15-36(16-14-21)27(30)39/h9-12,21H,7-8,13-17,31H2,1-6H3,(H2,30,39)(H,32,38)(H,33,35)(H,34,40). The van der Waals surface area contributed by atoms with Crippen molar-refractivity contribution in [2.45, 2.75) is 79.0 Å². The molecular formula is C29H44N8O4.